The SMILES string of the molecule is O=C(NCc1ccc(Cl)cc1)C1COc2ccccc2O1. The molecule has 1 heterocycles. The summed E-state index contributed by atoms with van der Waals surface area (Å²) in [5.74, 6) is 1.06. The highest BCUT2D eigenvalue weighted by atomic mass is 35.5. The Morgan fingerprint density at radius 2 is 1.86 bits per heavy atom. The maximum atomic E-state index is 12.1. The van der Waals surface area contributed by atoms with Crippen molar-refractivity contribution in [2.45, 2.75) is 12.6 Å². The van der Waals surface area contributed by atoms with E-state index < -0.39 is 6.10 Å². The molecule has 1 N–H and O–H groups in total. The van der Waals surface area contributed by atoms with E-state index in [-0.39, 0.29) is 12.5 Å². The first-order valence-electron chi connectivity index (χ1n) is 6.63. The second-order valence-corrected chi connectivity index (χ2v) is 5.14. The summed E-state index contributed by atoms with van der Waals surface area (Å²) < 4.78 is 11.2. The largest absolute Gasteiger partial charge is 0.485 e. The average Bonchev–Trinajstić information content (AvgIpc) is 2.53. The van der Waals surface area contributed by atoms with Gasteiger partial charge in [0.15, 0.2) is 11.5 Å². The lowest BCUT2D eigenvalue weighted by Crippen LogP contribution is -2.43. The molecule has 4 nitrogen and oxygen atoms in total. The van der Waals surface area contributed by atoms with Gasteiger partial charge in [0.1, 0.15) is 6.61 Å². The first-order valence-corrected chi connectivity index (χ1v) is 7.01. The molecule has 0 aliphatic carbocycles. The van der Waals surface area contributed by atoms with Crippen LogP contribution in [0.15, 0.2) is 48.5 Å². The lowest BCUT2D eigenvalue weighted by Gasteiger charge is -2.25. The van der Waals surface area contributed by atoms with Crippen LogP contribution in [-0.4, -0.2) is 18.6 Å². The van der Waals surface area contributed by atoms with Crippen LogP contribution >= 0.6 is 11.6 Å². The minimum atomic E-state index is -0.632. The Labute approximate surface area is 127 Å². The first-order chi connectivity index (χ1) is 10.2. The number of ether oxygens (including phenoxy) is 2. The normalized spacial score (nSPS) is 16.3. The smallest absolute Gasteiger partial charge is 0.264 e. The van der Waals surface area contributed by atoms with Gasteiger partial charge < -0.3 is 14.8 Å². The fourth-order valence-electron chi connectivity index (χ4n) is 2.05. The van der Waals surface area contributed by atoms with E-state index in [2.05, 4.69) is 5.32 Å². The molecular formula is C16H14ClNO3. The third kappa shape index (κ3) is 3.28. The van der Waals surface area contributed by atoms with E-state index in [1.54, 1.807) is 18.2 Å². The molecule has 21 heavy (non-hydrogen) atoms. The first kappa shape index (κ1) is 13.8. The van der Waals surface area contributed by atoms with Crippen molar-refractivity contribution in [2.75, 3.05) is 6.61 Å². The number of benzene rings is 2. The molecule has 1 amide bonds. The van der Waals surface area contributed by atoms with Gasteiger partial charge in [0, 0.05) is 11.6 Å². The van der Waals surface area contributed by atoms with Crippen LogP contribution in [-0.2, 0) is 11.3 Å². The Hall–Kier alpha value is -2.20. The highest BCUT2D eigenvalue weighted by Gasteiger charge is 2.26. The van der Waals surface area contributed by atoms with Gasteiger partial charge in [-0.15, -0.1) is 0 Å². The number of carbonyl (C=O) groups is 1. The molecule has 0 radical (unpaired) electrons. The maximum absolute atomic E-state index is 12.1. The van der Waals surface area contributed by atoms with Crippen LogP contribution in [0.1, 0.15) is 5.56 Å². The minimum absolute atomic E-state index is 0.195. The Balaban J connectivity index is 1.58. The van der Waals surface area contributed by atoms with E-state index in [9.17, 15) is 4.79 Å². The predicted octanol–water partition coefficient (Wildman–Crippen LogP) is 2.80. The minimum Gasteiger partial charge on any atom is -0.485 e. The lowest BCUT2D eigenvalue weighted by molar-refractivity contribution is -0.130. The molecule has 0 saturated carbocycles. The van der Waals surface area contributed by atoms with Crippen molar-refractivity contribution in [3.63, 3.8) is 0 Å². The van der Waals surface area contributed by atoms with E-state index >= 15 is 0 Å². The summed E-state index contributed by atoms with van der Waals surface area (Å²) in [5, 5.41) is 3.50. The molecule has 0 fully saturated rings. The zero-order chi connectivity index (χ0) is 14.7. The number of carbonyl (C=O) groups excluding carboxylic acids is 1. The van der Waals surface area contributed by atoms with Crippen molar-refractivity contribution < 1.29 is 14.3 Å². The monoisotopic (exact) mass is 303 g/mol. The molecule has 1 aliphatic heterocycles. The van der Waals surface area contributed by atoms with Crippen molar-refractivity contribution in [3.05, 3.63) is 59.1 Å². The second kappa shape index (κ2) is 6.06. The molecule has 108 valence electrons. The van der Waals surface area contributed by atoms with Gasteiger partial charge in [-0.3, -0.25) is 4.79 Å². The second-order valence-electron chi connectivity index (χ2n) is 4.71. The molecule has 1 atom stereocenters. The summed E-state index contributed by atoms with van der Waals surface area (Å²) in [5.41, 5.74) is 0.977. The molecule has 3 rings (SSSR count). The average molecular weight is 304 g/mol. The van der Waals surface area contributed by atoms with Crippen LogP contribution in [0.5, 0.6) is 11.5 Å². The van der Waals surface area contributed by atoms with Crippen LogP contribution in [0.25, 0.3) is 0 Å². The summed E-state index contributed by atoms with van der Waals surface area (Å²) in [6, 6.07) is 14.6. The Morgan fingerprint density at radius 3 is 2.62 bits per heavy atom. The fourth-order valence-corrected chi connectivity index (χ4v) is 2.18. The van der Waals surface area contributed by atoms with E-state index in [1.807, 2.05) is 30.3 Å². The Bertz CT molecular complexity index is 642. The molecule has 0 aromatic heterocycles. The summed E-state index contributed by atoms with van der Waals surface area (Å²) >= 11 is 5.82. The van der Waals surface area contributed by atoms with E-state index in [0.29, 0.717) is 23.1 Å². The van der Waals surface area contributed by atoms with Gasteiger partial charge in [0.2, 0.25) is 6.10 Å². The molecule has 0 spiro atoms. The number of hydrogen-bond acceptors (Lipinski definition) is 3. The predicted molar refractivity (Wildman–Crippen MR) is 79.7 cm³/mol. The topological polar surface area (TPSA) is 47.6 Å². The van der Waals surface area contributed by atoms with Crippen LogP contribution in [0.2, 0.25) is 5.02 Å². The standard InChI is InChI=1S/C16H14ClNO3/c17-12-7-5-11(6-8-12)9-18-16(19)15-10-20-13-3-1-2-4-14(13)21-15/h1-8,15H,9-10H2,(H,18,19). The van der Waals surface area contributed by atoms with Crippen molar-refractivity contribution >= 4 is 17.5 Å². The highest BCUT2D eigenvalue weighted by molar-refractivity contribution is 6.30. The zero-order valence-electron chi connectivity index (χ0n) is 11.2. The van der Waals surface area contributed by atoms with Gasteiger partial charge in [-0.2, -0.15) is 0 Å². The molecule has 2 aromatic rings. The molecular weight excluding hydrogens is 290 g/mol. The van der Waals surface area contributed by atoms with Crippen LogP contribution in [0.4, 0.5) is 0 Å². The fraction of sp³-hybridized carbons (Fsp3) is 0.188. The molecule has 1 unspecified atom stereocenters. The summed E-state index contributed by atoms with van der Waals surface area (Å²) in [7, 11) is 0. The van der Waals surface area contributed by atoms with E-state index in [1.165, 1.54) is 0 Å². The van der Waals surface area contributed by atoms with Gasteiger partial charge in [-0.25, -0.2) is 0 Å². The number of rotatable bonds is 3. The summed E-state index contributed by atoms with van der Waals surface area (Å²) in [4.78, 5) is 12.1. The molecule has 1 aliphatic rings. The number of halogens is 1. The van der Waals surface area contributed by atoms with Crippen molar-refractivity contribution in [3.8, 4) is 11.5 Å². The quantitative estimate of drug-likeness (QED) is 0.948. The van der Waals surface area contributed by atoms with E-state index in [4.69, 9.17) is 21.1 Å². The number of para-hydroxylation sites is 2. The number of fused-ring (bicyclic) bond motifs is 1. The zero-order valence-corrected chi connectivity index (χ0v) is 12.0. The van der Waals surface area contributed by atoms with Gasteiger partial charge in [-0.05, 0) is 29.8 Å². The molecule has 5 heteroatoms. The van der Waals surface area contributed by atoms with Gasteiger partial charge >= 0.3 is 0 Å². The van der Waals surface area contributed by atoms with Crippen molar-refractivity contribution in [2.24, 2.45) is 0 Å². The van der Waals surface area contributed by atoms with Gasteiger partial charge in [0.25, 0.3) is 5.91 Å². The van der Waals surface area contributed by atoms with Crippen molar-refractivity contribution in [1.29, 1.82) is 0 Å². The molecule has 2 aromatic carbocycles. The Kier molecular flexibility index (Phi) is 3.97. The molecule has 0 saturated heterocycles. The summed E-state index contributed by atoms with van der Waals surface area (Å²) in [6.45, 7) is 0.640. The molecule has 0 bridgehead atoms. The van der Waals surface area contributed by atoms with Crippen LogP contribution in [0.3, 0.4) is 0 Å². The van der Waals surface area contributed by atoms with Crippen LogP contribution in [0, 0.1) is 0 Å². The van der Waals surface area contributed by atoms with E-state index in [0.717, 1.165) is 5.56 Å². The summed E-state index contributed by atoms with van der Waals surface area (Å²) in [6.07, 6.45) is -0.632. The van der Waals surface area contributed by atoms with Crippen molar-refractivity contribution in [1.82, 2.24) is 5.32 Å². The highest BCUT2D eigenvalue weighted by Crippen LogP contribution is 2.30. The van der Waals surface area contributed by atoms with Gasteiger partial charge in [-0.1, -0.05) is 35.9 Å². The number of nitrogens with one attached hydrogen (secondary N) is 1. The van der Waals surface area contributed by atoms with Crippen LogP contribution < -0.4 is 14.8 Å². The maximum Gasteiger partial charge on any atom is 0.264 e. The number of amides is 1. The third-order valence-electron chi connectivity index (χ3n) is 3.18. The third-order valence-corrected chi connectivity index (χ3v) is 3.43. The Morgan fingerprint density at radius 1 is 1.14 bits per heavy atom. The number of hydrogen-bond donors (Lipinski definition) is 1. The lowest BCUT2D eigenvalue weighted by atomic mass is 10.2. The van der Waals surface area contributed by atoms with Gasteiger partial charge in [0.05, 0.1) is 0 Å².